The van der Waals surface area contributed by atoms with Crippen LogP contribution in [0.5, 0.6) is 0 Å². The second kappa shape index (κ2) is 9.24. The van der Waals surface area contributed by atoms with E-state index < -0.39 is 6.10 Å². The van der Waals surface area contributed by atoms with Gasteiger partial charge in [0.2, 0.25) is 0 Å². The molecule has 0 saturated carbocycles. The van der Waals surface area contributed by atoms with E-state index in [4.69, 9.17) is 11.2 Å². The minimum Gasteiger partial charge on any atom is -0.367 e. The minimum absolute atomic E-state index is 0.221. The quantitative estimate of drug-likeness (QED) is 0.696. The van der Waals surface area contributed by atoms with Gasteiger partial charge in [0.25, 0.3) is 5.91 Å². The van der Waals surface area contributed by atoms with Gasteiger partial charge in [-0.2, -0.15) is 0 Å². The number of ether oxygens (including phenoxy) is 1. The molecule has 0 aliphatic rings. The van der Waals surface area contributed by atoms with Crippen molar-refractivity contribution in [2.45, 2.75) is 6.10 Å². The first-order valence-corrected chi connectivity index (χ1v) is 8.77. The van der Waals surface area contributed by atoms with E-state index >= 15 is 0 Å². The summed E-state index contributed by atoms with van der Waals surface area (Å²) in [6.45, 7) is 0. The summed E-state index contributed by atoms with van der Waals surface area (Å²) in [5.41, 5.74) is 4.07. The molecular weight excluding hydrogens is 346 g/mol. The van der Waals surface area contributed by atoms with Gasteiger partial charge in [-0.15, -0.1) is 6.42 Å². The van der Waals surface area contributed by atoms with E-state index in [0.29, 0.717) is 5.69 Å². The molecule has 0 spiro atoms. The Kier molecular flexibility index (Phi) is 6.26. The van der Waals surface area contributed by atoms with E-state index in [9.17, 15) is 4.79 Å². The van der Waals surface area contributed by atoms with Crippen LogP contribution >= 0.6 is 0 Å². The highest BCUT2D eigenvalue weighted by Crippen LogP contribution is 2.19. The molecule has 0 aliphatic heterocycles. The van der Waals surface area contributed by atoms with E-state index in [-0.39, 0.29) is 5.91 Å². The smallest absolute Gasteiger partial charge is 0.258 e. The van der Waals surface area contributed by atoms with Crippen LogP contribution in [0.1, 0.15) is 28.4 Å². The fourth-order valence-electron chi connectivity index (χ4n) is 2.66. The van der Waals surface area contributed by atoms with Gasteiger partial charge in [-0.25, -0.2) is 0 Å². The number of benzene rings is 3. The highest BCUT2D eigenvalue weighted by Gasteiger charge is 2.19. The molecule has 3 aromatic rings. The van der Waals surface area contributed by atoms with Gasteiger partial charge >= 0.3 is 0 Å². The molecule has 28 heavy (non-hydrogen) atoms. The summed E-state index contributed by atoms with van der Waals surface area (Å²) < 4.78 is 5.35. The third kappa shape index (κ3) is 4.89. The average molecular weight is 365 g/mol. The molecule has 0 radical (unpaired) electrons. The Morgan fingerprint density at radius 2 is 1.39 bits per heavy atom. The number of nitrogens with one attached hydrogen (secondary N) is 1. The second-order valence-corrected chi connectivity index (χ2v) is 6.06. The molecule has 3 aromatic carbocycles. The van der Waals surface area contributed by atoms with Gasteiger partial charge in [0.15, 0.2) is 6.10 Å². The Morgan fingerprint density at radius 1 is 0.857 bits per heavy atom. The number of carbonyl (C=O) groups is 1. The second-order valence-electron chi connectivity index (χ2n) is 6.06. The van der Waals surface area contributed by atoms with Crippen molar-refractivity contribution in [3.8, 4) is 24.2 Å². The summed E-state index contributed by atoms with van der Waals surface area (Å²) in [6.07, 6.45) is 4.69. The molecular formula is C25H19NO2. The fraction of sp³-hybridized carbons (Fsp3) is 0.0800. The van der Waals surface area contributed by atoms with Crippen molar-refractivity contribution in [2.75, 3.05) is 12.4 Å². The lowest BCUT2D eigenvalue weighted by Gasteiger charge is -2.15. The summed E-state index contributed by atoms with van der Waals surface area (Å²) >= 11 is 0. The maximum Gasteiger partial charge on any atom is 0.258 e. The van der Waals surface area contributed by atoms with E-state index in [1.807, 2.05) is 78.9 Å². The fourth-order valence-corrected chi connectivity index (χ4v) is 2.66. The van der Waals surface area contributed by atoms with Crippen molar-refractivity contribution >= 4 is 11.6 Å². The first kappa shape index (κ1) is 19.0. The largest absolute Gasteiger partial charge is 0.367 e. The van der Waals surface area contributed by atoms with Crippen LogP contribution in [0.15, 0.2) is 78.9 Å². The van der Waals surface area contributed by atoms with Gasteiger partial charge in [0.1, 0.15) is 0 Å². The van der Waals surface area contributed by atoms with E-state index in [2.05, 4.69) is 23.1 Å². The minimum atomic E-state index is -0.661. The number of terminal acetylenes is 1. The van der Waals surface area contributed by atoms with E-state index in [1.54, 1.807) is 0 Å². The molecule has 136 valence electrons. The lowest BCUT2D eigenvalue weighted by molar-refractivity contribution is -0.126. The number of amides is 1. The SMILES string of the molecule is C#Cc1ccc(C#Cc2ccc(NC(=O)[C@H](OC)c3ccccc3)cc2)cc1. The molecule has 1 amide bonds. The van der Waals surface area contributed by atoms with Gasteiger partial charge < -0.3 is 10.1 Å². The summed E-state index contributed by atoms with van der Waals surface area (Å²) in [7, 11) is 1.52. The molecule has 1 N–H and O–H groups in total. The zero-order valence-electron chi connectivity index (χ0n) is 15.5. The predicted molar refractivity (Wildman–Crippen MR) is 112 cm³/mol. The van der Waals surface area contributed by atoms with Crippen molar-refractivity contribution in [1.29, 1.82) is 0 Å². The lowest BCUT2D eigenvalue weighted by Crippen LogP contribution is -2.22. The first-order valence-electron chi connectivity index (χ1n) is 8.77. The van der Waals surface area contributed by atoms with Crippen LogP contribution in [0.25, 0.3) is 0 Å². The highest BCUT2D eigenvalue weighted by atomic mass is 16.5. The molecule has 0 fully saturated rings. The van der Waals surface area contributed by atoms with Crippen LogP contribution in [-0.2, 0) is 9.53 Å². The number of carbonyl (C=O) groups excluding carboxylic acids is 1. The standard InChI is InChI=1S/C25H19NO2/c1-3-19-9-11-20(12-10-19)13-14-21-15-17-23(18-16-21)26-25(27)24(28-2)22-7-5-4-6-8-22/h1,4-12,15-18,24H,2H3,(H,26,27)/t24-/m1/s1. The Hall–Kier alpha value is -3.79. The summed E-state index contributed by atoms with van der Waals surface area (Å²) in [5, 5.41) is 2.87. The summed E-state index contributed by atoms with van der Waals surface area (Å²) in [6, 6.07) is 24.3. The Morgan fingerprint density at radius 3 is 1.93 bits per heavy atom. The lowest BCUT2D eigenvalue weighted by atomic mass is 10.1. The molecule has 0 bridgehead atoms. The van der Waals surface area contributed by atoms with Crippen LogP contribution in [0.3, 0.4) is 0 Å². The molecule has 3 nitrogen and oxygen atoms in total. The number of methoxy groups -OCH3 is 1. The van der Waals surface area contributed by atoms with Crippen LogP contribution in [0, 0.1) is 24.2 Å². The third-order valence-corrected chi connectivity index (χ3v) is 4.13. The van der Waals surface area contributed by atoms with Crippen LogP contribution in [0.2, 0.25) is 0 Å². The van der Waals surface area contributed by atoms with Gasteiger partial charge in [0, 0.05) is 29.5 Å². The number of anilines is 1. The Balaban J connectivity index is 1.66. The zero-order valence-corrected chi connectivity index (χ0v) is 15.5. The normalized spacial score (nSPS) is 10.9. The van der Waals surface area contributed by atoms with Gasteiger partial charge in [-0.05, 0) is 54.1 Å². The van der Waals surface area contributed by atoms with Gasteiger partial charge in [-0.3, -0.25) is 4.79 Å². The van der Waals surface area contributed by atoms with Gasteiger partial charge in [-0.1, -0.05) is 48.1 Å². The molecule has 3 rings (SSSR count). The molecule has 0 aliphatic carbocycles. The van der Waals surface area contributed by atoms with E-state index in [0.717, 1.165) is 22.3 Å². The van der Waals surface area contributed by atoms with Crippen molar-refractivity contribution < 1.29 is 9.53 Å². The Bertz CT molecular complexity index is 1030. The average Bonchev–Trinajstić information content (AvgIpc) is 2.75. The van der Waals surface area contributed by atoms with Crippen molar-refractivity contribution in [3.05, 3.63) is 101 Å². The van der Waals surface area contributed by atoms with Crippen molar-refractivity contribution in [2.24, 2.45) is 0 Å². The van der Waals surface area contributed by atoms with Gasteiger partial charge in [0.05, 0.1) is 0 Å². The third-order valence-electron chi connectivity index (χ3n) is 4.13. The molecule has 1 atom stereocenters. The molecule has 0 saturated heterocycles. The first-order chi connectivity index (χ1) is 13.7. The maximum atomic E-state index is 12.5. The van der Waals surface area contributed by atoms with Crippen molar-refractivity contribution in [3.63, 3.8) is 0 Å². The van der Waals surface area contributed by atoms with Crippen LogP contribution in [0.4, 0.5) is 5.69 Å². The monoisotopic (exact) mass is 365 g/mol. The van der Waals surface area contributed by atoms with Crippen molar-refractivity contribution in [1.82, 2.24) is 0 Å². The summed E-state index contributed by atoms with van der Waals surface area (Å²) in [4.78, 5) is 12.5. The number of rotatable bonds is 4. The topological polar surface area (TPSA) is 38.3 Å². The number of hydrogen-bond donors (Lipinski definition) is 1. The van der Waals surface area contributed by atoms with Crippen LogP contribution < -0.4 is 5.32 Å². The van der Waals surface area contributed by atoms with E-state index in [1.165, 1.54) is 7.11 Å². The molecule has 0 unspecified atom stereocenters. The van der Waals surface area contributed by atoms with Crippen LogP contribution in [-0.4, -0.2) is 13.0 Å². The molecule has 0 aromatic heterocycles. The molecule has 0 heterocycles. The predicted octanol–water partition coefficient (Wildman–Crippen LogP) is 4.39. The Labute approximate surface area is 165 Å². The zero-order chi connectivity index (χ0) is 19.8. The highest BCUT2D eigenvalue weighted by molar-refractivity contribution is 5.94. The number of hydrogen-bond acceptors (Lipinski definition) is 2. The summed E-state index contributed by atoms with van der Waals surface area (Å²) in [5.74, 6) is 8.55. The molecule has 3 heteroatoms. The maximum absolute atomic E-state index is 12.5.